The molecule has 1 aromatic rings. The number of nitrogens with one attached hydrogen (secondary N) is 1. The second-order valence-corrected chi connectivity index (χ2v) is 4.46. The molecule has 0 saturated carbocycles. The summed E-state index contributed by atoms with van der Waals surface area (Å²) < 4.78 is 0. The Labute approximate surface area is 72.8 Å². The summed E-state index contributed by atoms with van der Waals surface area (Å²) in [5.41, 5.74) is 0. The molecule has 56 valence electrons. The molecule has 0 aliphatic carbocycles. The van der Waals surface area contributed by atoms with Gasteiger partial charge in [0.15, 0.2) is 0 Å². The van der Waals surface area contributed by atoms with E-state index >= 15 is 0 Å². The van der Waals surface area contributed by atoms with E-state index in [9.17, 15) is 0 Å². The average molecular weight is 206 g/mol. The summed E-state index contributed by atoms with van der Waals surface area (Å²) in [6.07, 6.45) is 10.1. The predicted octanol–water partition coefficient (Wildman–Crippen LogP) is 1.32. The Bertz CT molecular complexity index is 192. The molecule has 2 rings (SSSR count). The third-order valence-electron chi connectivity index (χ3n) is 1.16. The number of hydrogen-bond acceptors (Lipinski definition) is 0. The van der Waals surface area contributed by atoms with Crippen LogP contribution in [0.3, 0.4) is 0 Å². The van der Waals surface area contributed by atoms with E-state index in [0.29, 0.717) is 0 Å². The second kappa shape index (κ2) is 5.92. The van der Waals surface area contributed by atoms with Crippen molar-refractivity contribution in [3.05, 3.63) is 47.7 Å². The molecule has 0 unspecified atom stereocenters. The zero-order valence-electron chi connectivity index (χ0n) is 6.27. The van der Waals surface area contributed by atoms with Gasteiger partial charge in [-0.2, -0.15) is 0 Å². The molecule has 2 heteroatoms. The molecular formula is C9H11GeN. The third kappa shape index (κ3) is 4.56. The standard InChI is InChI=1S/C5H6Ge.C4H5N/c1-2-4-6-5-3-1;1-2-4-5-3-1/h1-6H;1-5H. The monoisotopic (exact) mass is 207 g/mol. The van der Waals surface area contributed by atoms with Gasteiger partial charge in [0.2, 0.25) is 0 Å². The first-order valence-corrected chi connectivity index (χ1v) is 6.37. The molecule has 0 bridgehead atoms. The maximum atomic E-state index is 2.86. The van der Waals surface area contributed by atoms with Gasteiger partial charge in [0.05, 0.1) is 0 Å². The van der Waals surface area contributed by atoms with Crippen molar-refractivity contribution in [3.63, 3.8) is 0 Å². The first-order valence-electron chi connectivity index (χ1n) is 3.58. The first kappa shape index (κ1) is 8.27. The van der Waals surface area contributed by atoms with Crippen molar-refractivity contribution in [1.29, 1.82) is 0 Å². The van der Waals surface area contributed by atoms with Gasteiger partial charge < -0.3 is 4.98 Å². The van der Waals surface area contributed by atoms with Gasteiger partial charge in [-0.3, -0.25) is 0 Å². The normalized spacial score (nSPS) is 12.4. The number of allylic oxidation sites excluding steroid dienone is 3. The van der Waals surface area contributed by atoms with Gasteiger partial charge in [0.1, 0.15) is 0 Å². The largest absolute Gasteiger partial charge is 0.368 e. The van der Waals surface area contributed by atoms with Crippen molar-refractivity contribution in [1.82, 2.24) is 4.98 Å². The molecule has 0 spiro atoms. The molecule has 0 atom stereocenters. The molecule has 0 saturated heterocycles. The van der Waals surface area contributed by atoms with E-state index in [0.717, 1.165) is 0 Å². The summed E-state index contributed by atoms with van der Waals surface area (Å²) in [6.45, 7) is 0. The van der Waals surface area contributed by atoms with Gasteiger partial charge >= 0.3 is 43.0 Å². The smallest absolute Gasteiger partial charge is 0.000496 e. The van der Waals surface area contributed by atoms with Gasteiger partial charge in [-0.1, -0.05) is 0 Å². The van der Waals surface area contributed by atoms with Crippen molar-refractivity contribution in [2.75, 3.05) is 0 Å². The number of aromatic nitrogens is 1. The van der Waals surface area contributed by atoms with Crippen LogP contribution < -0.4 is 0 Å². The van der Waals surface area contributed by atoms with Crippen LogP contribution in [-0.2, 0) is 0 Å². The molecular weight excluding hydrogens is 195 g/mol. The fourth-order valence-electron chi connectivity index (χ4n) is 0.663. The van der Waals surface area contributed by atoms with Gasteiger partial charge in [-0.25, -0.2) is 0 Å². The quantitative estimate of drug-likeness (QED) is 0.616. The summed E-state index contributed by atoms with van der Waals surface area (Å²) in [5.74, 6) is 0. The van der Waals surface area contributed by atoms with Gasteiger partial charge in [-0.15, -0.1) is 0 Å². The molecule has 1 nitrogen and oxygen atoms in total. The van der Waals surface area contributed by atoms with Crippen molar-refractivity contribution < 1.29 is 0 Å². The third-order valence-corrected chi connectivity index (χ3v) is 3.03. The van der Waals surface area contributed by atoms with E-state index < -0.39 is 0 Å². The topological polar surface area (TPSA) is 15.8 Å². The fraction of sp³-hybridized carbons (Fsp3) is 0. The van der Waals surface area contributed by atoms with Crippen molar-refractivity contribution in [3.8, 4) is 0 Å². The Hall–Kier alpha value is -0.827. The van der Waals surface area contributed by atoms with E-state index in [1.807, 2.05) is 24.5 Å². The summed E-state index contributed by atoms with van der Waals surface area (Å²) in [5, 5.41) is 0. The molecule has 0 amide bonds. The molecule has 1 N–H and O–H groups in total. The fourth-order valence-corrected chi connectivity index (χ4v) is 2.01. The van der Waals surface area contributed by atoms with Gasteiger partial charge in [-0.05, 0) is 12.1 Å². The maximum absolute atomic E-state index is 2.86. The Morgan fingerprint density at radius 2 is 1.73 bits per heavy atom. The number of hydrogen-bond donors (Lipinski definition) is 1. The van der Waals surface area contributed by atoms with Crippen LogP contribution in [0, 0.1) is 0 Å². The van der Waals surface area contributed by atoms with Crippen molar-refractivity contribution in [2.45, 2.75) is 0 Å². The molecule has 0 radical (unpaired) electrons. The van der Waals surface area contributed by atoms with Gasteiger partial charge in [0.25, 0.3) is 0 Å². The Kier molecular flexibility index (Phi) is 4.45. The number of rotatable bonds is 0. The first-order chi connectivity index (χ1) is 5.50. The van der Waals surface area contributed by atoms with Crippen LogP contribution in [0.1, 0.15) is 0 Å². The minimum absolute atomic E-state index is 0.00781. The van der Waals surface area contributed by atoms with E-state index in [4.69, 9.17) is 0 Å². The minimum atomic E-state index is -0.00781. The Morgan fingerprint density at radius 1 is 0.909 bits per heavy atom. The Morgan fingerprint density at radius 3 is 1.91 bits per heavy atom. The maximum Gasteiger partial charge on any atom is 0.000496 e. The van der Waals surface area contributed by atoms with E-state index in [1.54, 1.807) is 0 Å². The van der Waals surface area contributed by atoms with E-state index in [1.165, 1.54) is 0 Å². The van der Waals surface area contributed by atoms with Crippen molar-refractivity contribution >= 4 is 19.8 Å². The van der Waals surface area contributed by atoms with E-state index in [2.05, 4.69) is 33.0 Å². The molecule has 1 aliphatic heterocycles. The number of H-pyrrole nitrogens is 1. The summed E-state index contributed by atoms with van der Waals surface area (Å²) in [4.78, 5) is 7.42. The summed E-state index contributed by atoms with van der Waals surface area (Å²) in [7, 11) is 0. The van der Waals surface area contributed by atoms with E-state index in [-0.39, 0.29) is 15.0 Å². The van der Waals surface area contributed by atoms with Crippen LogP contribution in [0.2, 0.25) is 0 Å². The predicted molar refractivity (Wildman–Crippen MR) is 52.3 cm³/mol. The van der Waals surface area contributed by atoms with Gasteiger partial charge in [0, 0.05) is 12.4 Å². The van der Waals surface area contributed by atoms with Crippen LogP contribution in [0.5, 0.6) is 0 Å². The average Bonchev–Trinajstić information content (AvgIpc) is 2.64. The van der Waals surface area contributed by atoms with Crippen LogP contribution in [0.4, 0.5) is 0 Å². The molecule has 0 aromatic carbocycles. The Balaban J connectivity index is 0.000000112. The van der Waals surface area contributed by atoms with Crippen LogP contribution in [0.25, 0.3) is 0 Å². The molecule has 0 fully saturated rings. The molecule has 1 aromatic heterocycles. The summed E-state index contributed by atoms with van der Waals surface area (Å²) in [6, 6.07) is 3.89. The molecule has 1 aliphatic rings. The SMILES string of the molecule is C1=C[CH]=[GeH][CH]=C1.c1cc[nH]c1. The minimum Gasteiger partial charge on any atom is -0.368 e. The number of aromatic amines is 1. The van der Waals surface area contributed by atoms with Crippen LogP contribution in [0.15, 0.2) is 47.7 Å². The molecule has 11 heavy (non-hydrogen) atoms. The van der Waals surface area contributed by atoms with Crippen LogP contribution in [-0.4, -0.2) is 24.8 Å². The summed E-state index contributed by atoms with van der Waals surface area (Å²) >= 11 is -0.00781. The van der Waals surface area contributed by atoms with Crippen molar-refractivity contribution in [2.24, 2.45) is 0 Å². The second-order valence-electron chi connectivity index (χ2n) is 2.04. The van der Waals surface area contributed by atoms with Crippen LogP contribution >= 0.6 is 0 Å². The molecule has 2 heterocycles. The zero-order valence-corrected chi connectivity index (χ0v) is 8.70. The zero-order chi connectivity index (χ0) is 7.78.